The summed E-state index contributed by atoms with van der Waals surface area (Å²) in [5, 5.41) is 8.57. The minimum atomic E-state index is -3.65. The summed E-state index contributed by atoms with van der Waals surface area (Å²) >= 11 is 1.18. The topological polar surface area (TPSA) is 87.8 Å². The number of piperidine rings is 1. The van der Waals surface area contributed by atoms with Crippen LogP contribution in [0.2, 0.25) is 0 Å². The van der Waals surface area contributed by atoms with Crippen molar-refractivity contribution in [3.05, 3.63) is 52.9 Å². The van der Waals surface area contributed by atoms with Crippen molar-refractivity contribution in [2.45, 2.75) is 36.9 Å². The van der Waals surface area contributed by atoms with Gasteiger partial charge in [0.15, 0.2) is 5.96 Å². The summed E-state index contributed by atoms with van der Waals surface area (Å²) in [5.41, 5.74) is 1.41. The summed E-state index contributed by atoms with van der Waals surface area (Å²) in [6, 6.07) is 14.0. The zero-order valence-corrected chi connectivity index (χ0v) is 20.7. The molecule has 0 amide bonds. The number of aliphatic imine (C=N–C) groups is 1. The zero-order valence-electron chi connectivity index (χ0n) is 16.7. The monoisotopic (exact) mass is 548 g/mol. The Labute approximate surface area is 194 Å². The number of hydrogen-bond donors (Lipinski definition) is 2. The first kappa shape index (κ1) is 24.1. The van der Waals surface area contributed by atoms with Crippen LogP contribution in [0.4, 0.5) is 0 Å². The molecule has 0 radical (unpaired) electrons. The van der Waals surface area contributed by atoms with Gasteiger partial charge in [0.1, 0.15) is 4.21 Å². The van der Waals surface area contributed by atoms with E-state index in [1.807, 2.05) is 0 Å². The van der Waals surface area contributed by atoms with Crippen LogP contribution in [0, 0.1) is 5.92 Å². The average Bonchev–Trinajstić information content (AvgIpc) is 3.15. The first-order valence-electron chi connectivity index (χ1n) is 9.58. The molecule has 2 aromatic rings. The molecule has 160 valence electrons. The Bertz CT molecular complexity index is 916. The minimum absolute atomic E-state index is 0. The smallest absolute Gasteiger partial charge is 0.247 e. The molecule has 2 heterocycles. The van der Waals surface area contributed by atoms with Gasteiger partial charge in [0.2, 0.25) is 10.0 Å². The van der Waals surface area contributed by atoms with Crippen molar-refractivity contribution in [1.82, 2.24) is 10.2 Å². The van der Waals surface area contributed by atoms with Gasteiger partial charge in [0, 0.05) is 24.5 Å². The number of thiophene rings is 1. The second-order valence-electron chi connectivity index (χ2n) is 7.17. The van der Waals surface area contributed by atoms with E-state index in [0.29, 0.717) is 18.4 Å². The van der Waals surface area contributed by atoms with Gasteiger partial charge in [0.05, 0.1) is 6.54 Å². The van der Waals surface area contributed by atoms with Crippen molar-refractivity contribution in [3.63, 3.8) is 0 Å². The van der Waals surface area contributed by atoms with Crippen LogP contribution in [0.25, 0.3) is 0 Å². The van der Waals surface area contributed by atoms with Crippen molar-refractivity contribution in [2.24, 2.45) is 16.0 Å². The van der Waals surface area contributed by atoms with E-state index in [2.05, 4.69) is 54.4 Å². The van der Waals surface area contributed by atoms with Crippen LogP contribution >= 0.6 is 35.3 Å². The number of nitrogens with two attached hydrogens (primary N) is 1. The van der Waals surface area contributed by atoms with Gasteiger partial charge in [0.25, 0.3) is 0 Å². The van der Waals surface area contributed by atoms with Gasteiger partial charge in [-0.1, -0.05) is 37.3 Å². The average molecular weight is 549 g/mol. The van der Waals surface area contributed by atoms with Gasteiger partial charge in [-0.2, -0.15) is 0 Å². The number of rotatable bonds is 5. The highest BCUT2D eigenvalue weighted by atomic mass is 127. The molecule has 1 fully saturated rings. The summed E-state index contributed by atoms with van der Waals surface area (Å²) in [5.74, 6) is 1.97. The van der Waals surface area contributed by atoms with Crippen molar-refractivity contribution < 1.29 is 8.42 Å². The maximum absolute atomic E-state index is 11.4. The standard InChI is InChI=1S/C20H28N4O2S2.HI/c1-3-22-20(23-13-17-9-10-19(27-17)28(21,25)26)24-12-11-18(15(2)14-24)16-7-5-4-6-8-16;/h4-10,15,18H,3,11-14H2,1-2H3,(H,22,23)(H2,21,25,26);1H. The fraction of sp³-hybridized carbons (Fsp3) is 0.450. The van der Waals surface area contributed by atoms with Gasteiger partial charge >= 0.3 is 0 Å². The third kappa shape index (κ3) is 6.40. The van der Waals surface area contributed by atoms with Gasteiger partial charge in [-0.15, -0.1) is 35.3 Å². The number of nitrogens with one attached hydrogen (secondary N) is 1. The van der Waals surface area contributed by atoms with Crippen molar-refractivity contribution >= 4 is 51.3 Å². The Hall–Kier alpha value is -1.17. The Morgan fingerprint density at radius 2 is 2.00 bits per heavy atom. The Kier molecular flexibility index (Phi) is 8.92. The number of primary sulfonamides is 1. The molecule has 29 heavy (non-hydrogen) atoms. The van der Waals surface area contributed by atoms with Crippen molar-refractivity contribution in [3.8, 4) is 0 Å². The fourth-order valence-electron chi connectivity index (χ4n) is 3.71. The van der Waals surface area contributed by atoms with E-state index in [9.17, 15) is 8.42 Å². The lowest BCUT2D eigenvalue weighted by atomic mass is 9.82. The number of benzene rings is 1. The predicted molar refractivity (Wildman–Crippen MR) is 130 cm³/mol. The lowest BCUT2D eigenvalue weighted by molar-refractivity contribution is 0.234. The fourth-order valence-corrected chi connectivity index (χ4v) is 5.41. The van der Waals surface area contributed by atoms with E-state index in [1.165, 1.54) is 16.9 Å². The molecule has 2 unspecified atom stereocenters. The van der Waals surface area contributed by atoms with E-state index in [4.69, 9.17) is 10.1 Å². The van der Waals surface area contributed by atoms with Crippen LogP contribution in [0.1, 0.15) is 36.6 Å². The lowest BCUT2D eigenvalue weighted by Gasteiger charge is -2.39. The number of nitrogens with zero attached hydrogens (tertiary/aromatic N) is 2. The van der Waals surface area contributed by atoms with E-state index in [-0.39, 0.29) is 28.2 Å². The second-order valence-corrected chi connectivity index (χ2v) is 10.1. The Morgan fingerprint density at radius 1 is 1.28 bits per heavy atom. The molecule has 1 aromatic carbocycles. The minimum Gasteiger partial charge on any atom is -0.357 e. The molecule has 0 aliphatic carbocycles. The summed E-state index contributed by atoms with van der Waals surface area (Å²) < 4.78 is 23.1. The Morgan fingerprint density at radius 3 is 2.59 bits per heavy atom. The van der Waals surface area contributed by atoms with Gasteiger partial charge < -0.3 is 10.2 Å². The summed E-state index contributed by atoms with van der Waals surface area (Å²) in [6.45, 7) is 7.47. The molecular weight excluding hydrogens is 519 g/mol. The quantitative estimate of drug-likeness (QED) is 0.340. The van der Waals surface area contributed by atoms with E-state index in [1.54, 1.807) is 12.1 Å². The molecule has 3 rings (SSSR count). The maximum atomic E-state index is 11.4. The first-order chi connectivity index (χ1) is 13.4. The van der Waals surface area contributed by atoms with E-state index in [0.717, 1.165) is 36.9 Å². The highest BCUT2D eigenvalue weighted by Crippen LogP contribution is 2.32. The molecule has 2 atom stereocenters. The molecule has 0 saturated carbocycles. The maximum Gasteiger partial charge on any atom is 0.247 e. The molecule has 9 heteroatoms. The SMILES string of the molecule is CCNC(=NCc1ccc(S(N)(=O)=O)s1)N1CCC(c2ccccc2)C(C)C1.I. The van der Waals surface area contributed by atoms with Gasteiger partial charge in [-0.25, -0.2) is 18.5 Å². The van der Waals surface area contributed by atoms with Crippen LogP contribution in [-0.2, 0) is 16.6 Å². The summed E-state index contributed by atoms with van der Waals surface area (Å²) in [4.78, 5) is 7.93. The first-order valence-corrected chi connectivity index (χ1v) is 11.9. The number of guanidine groups is 1. The number of halogens is 1. The van der Waals surface area contributed by atoms with Crippen molar-refractivity contribution in [2.75, 3.05) is 19.6 Å². The van der Waals surface area contributed by atoms with E-state index < -0.39 is 10.0 Å². The second kappa shape index (κ2) is 10.7. The van der Waals surface area contributed by atoms with E-state index >= 15 is 0 Å². The van der Waals surface area contributed by atoms with Crippen LogP contribution in [0.5, 0.6) is 0 Å². The van der Waals surface area contributed by atoms with Crippen molar-refractivity contribution in [1.29, 1.82) is 0 Å². The molecule has 6 nitrogen and oxygen atoms in total. The Balaban J connectivity index is 0.00000300. The van der Waals surface area contributed by atoms with Crippen LogP contribution in [0.15, 0.2) is 51.7 Å². The lowest BCUT2D eigenvalue weighted by Crippen LogP contribution is -2.48. The highest BCUT2D eigenvalue weighted by Gasteiger charge is 2.28. The normalized spacial score (nSPS) is 20.2. The molecule has 0 spiro atoms. The van der Waals surface area contributed by atoms with Crippen LogP contribution in [-0.4, -0.2) is 38.9 Å². The summed E-state index contributed by atoms with van der Waals surface area (Å²) in [6.07, 6.45) is 1.09. The molecule has 1 saturated heterocycles. The third-order valence-corrected chi connectivity index (χ3v) is 7.58. The zero-order chi connectivity index (χ0) is 20.1. The molecule has 1 aliphatic rings. The van der Waals surface area contributed by atoms with Gasteiger partial charge in [-0.05, 0) is 42.9 Å². The largest absolute Gasteiger partial charge is 0.357 e. The van der Waals surface area contributed by atoms with Crippen LogP contribution in [0.3, 0.4) is 0 Å². The van der Waals surface area contributed by atoms with Gasteiger partial charge in [-0.3, -0.25) is 0 Å². The van der Waals surface area contributed by atoms with Crippen LogP contribution < -0.4 is 10.5 Å². The molecule has 1 aliphatic heterocycles. The number of sulfonamides is 1. The molecule has 0 bridgehead atoms. The number of hydrogen-bond acceptors (Lipinski definition) is 4. The molecule has 3 N–H and O–H groups in total. The summed E-state index contributed by atoms with van der Waals surface area (Å²) in [7, 11) is -3.65. The number of likely N-dealkylation sites (tertiary alicyclic amines) is 1. The third-order valence-electron chi connectivity index (χ3n) is 5.07. The predicted octanol–water partition coefficient (Wildman–Crippen LogP) is 3.60. The highest BCUT2D eigenvalue weighted by molar-refractivity contribution is 14.0. The molecular formula is C20H29IN4O2S2. The molecule has 1 aromatic heterocycles.